The number of aryl methyl sites for hydroxylation is 3. The number of rotatable bonds is 5. The standard InChI is InChI=1S/C26H23FN2O4/c1-13-12-32-24-15(3)25-19(9-18(13)24)14(2)20(26(31)33-25)10-23(30)28-7-6-16-11-29-22-5-4-17(27)8-21(16)22/h4-5,8-9,11-12,29H,6-7,10H2,1-3H3,(H,28,30). The molecule has 0 saturated heterocycles. The van der Waals surface area contributed by atoms with Crippen molar-refractivity contribution in [2.45, 2.75) is 33.6 Å². The molecule has 0 aliphatic carbocycles. The van der Waals surface area contributed by atoms with Crippen LogP contribution in [-0.4, -0.2) is 17.4 Å². The molecule has 0 bridgehead atoms. The number of carbonyl (C=O) groups is 1. The molecule has 5 rings (SSSR count). The normalized spacial score (nSPS) is 11.6. The molecule has 7 heteroatoms. The van der Waals surface area contributed by atoms with Gasteiger partial charge in [0.05, 0.1) is 18.2 Å². The molecule has 0 aliphatic heterocycles. The molecule has 0 fully saturated rings. The highest BCUT2D eigenvalue weighted by Gasteiger charge is 2.19. The molecule has 3 heterocycles. The highest BCUT2D eigenvalue weighted by molar-refractivity contribution is 6.00. The van der Waals surface area contributed by atoms with E-state index in [1.54, 1.807) is 12.3 Å². The number of H-pyrrole nitrogens is 1. The topological polar surface area (TPSA) is 88.2 Å². The first-order chi connectivity index (χ1) is 15.8. The van der Waals surface area contributed by atoms with Gasteiger partial charge in [-0.2, -0.15) is 0 Å². The first-order valence-corrected chi connectivity index (χ1v) is 10.8. The zero-order valence-electron chi connectivity index (χ0n) is 18.6. The number of amides is 1. The summed E-state index contributed by atoms with van der Waals surface area (Å²) in [4.78, 5) is 28.4. The minimum atomic E-state index is -0.520. The van der Waals surface area contributed by atoms with E-state index in [9.17, 15) is 14.0 Å². The largest absolute Gasteiger partial charge is 0.464 e. The van der Waals surface area contributed by atoms with E-state index in [-0.39, 0.29) is 18.1 Å². The van der Waals surface area contributed by atoms with Gasteiger partial charge < -0.3 is 19.1 Å². The number of nitrogens with one attached hydrogen (secondary N) is 2. The molecule has 0 atom stereocenters. The zero-order chi connectivity index (χ0) is 23.3. The van der Waals surface area contributed by atoms with Crippen LogP contribution in [0.4, 0.5) is 4.39 Å². The lowest BCUT2D eigenvalue weighted by molar-refractivity contribution is -0.120. The van der Waals surface area contributed by atoms with Crippen molar-refractivity contribution in [3.8, 4) is 0 Å². The second kappa shape index (κ2) is 7.92. The number of fused-ring (bicyclic) bond motifs is 3. The fourth-order valence-corrected chi connectivity index (χ4v) is 4.44. The molecular weight excluding hydrogens is 423 g/mol. The van der Waals surface area contributed by atoms with Crippen LogP contribution in [0.1, 0.15) is 27.8 Å². The molecule has 168 valence electrons. The summed E-state index contributed by atoms with van der Waals surface area (Å²) < 4.78 is 24.8. The van der Waals surface area contributed by atoms with Crippen LogP contribution in [0.25, 0.3) is 32.8 Å². The van der Waals surface area contributed by atoms with Crippen molar-refractivity contribution >= 4 is 38.7 Å². The van der Waals surface area contributed by atoms with Gasteiger partial charge in [-0.15, -0.1) is 0 Å². The Kier molecular flexibility index (Phi) is 5.04. The summed E-state index contributed by atoms with van der Waals surface area (Å²) in [6.45, 7) is 6.03. The van der Waals surface area contributed by atoms with E-state index in [0.717, 1.165) is 43.9 Å². The summed E-state index contributed by atoms with van der Waals surface area (Å²) in [5.74, 6) is -0.572. The van der Waals surface area contributed by atoms with Crippen LogP contribution in [0.5, 0.6) is 0 Å². The number of halogens is 1. The van der Waals surface area contributed by atoms with E-state index in [4.69, 9.17) is 8.83 Å². The average Bonchev–Trinajstić information content (AvgIpc) is 3.35. The lowest BCUT2D eigenvalue weighted by atomic mass is 9.99. The minimum Gasteiger partial charge on any atom is -0.464 e. The fourth-order valence-electron chi connectivity index (χ4n) is 4.44. The molecule has 2 aromatic carbocycles. The molecule has 0 saturated carbocycles. The van der Waals surface area contributed by atoms with Crippen LogP contribution >= 0.6 is 0 Å². The number of hydrogen-bond acceptors (Lipinski definition) is 4. The third-order valence-electron chi connectivity index (χ3n) is 6.32. The summed E-state index contributed by atoms with van der Waals surface area (Å²) in [6, 6.07) is 6.52. The van der Waals surface area contributed by atoms with Crippen LogP contribution < -0.4 is 10.9 Å². The minimum absolute atomic E-state index is 0.0753. The Hall–Kier alpha value is -3.87. The summed E-state index contributed by atoms with van der Waals surface area (Å²) in [5, 5.41) is 5.41. The first-order valence-electron chi connectivity index (χ1n) is 10.8. The molecule has 6 nitrogen and oxygen atoms in total. The zero-order valence-corrected chi connectivity index (χ0v) is 18.6. The quantitative estimate of drug-likeness (QED) is 0.373. The van der Waals surface area contributed by atoms with Crippen molar-refractivity contribution in [3.63, 3.8) is 0 Å². The highest BCUT2D eigenvalue weighted by Crippen LogP contribution is 2.32. The van der Waals surface area contributed by atoms with Crippen molar-refractivity contribution < 1.29 is 18.0 Å². The Balaban J connectivity index is 1.36. The Morgan fingerprint density at radius 2 is 1.88 bits per heavy atom. The average molecular weight is 446 g/mol. The Bertz CT molecular complexity index is 1610. The van der Waals surface area contributed by atoms with E-state index in [0.29, 0.717) is 29.7 Å². The molecule has 0 radical (unpaired) electrons. The molecule has 5 aromatic rings. The van der Waals surface area contributed by atoms with Gasteiger partial charge in [-0.1, -0.05) is 0 Å². The smallest absolute Gasteiger partial charge is 0.340 e. The van der Waals surface area contributed by atoms with Crippen LogP contribution in [-0.2, 0) is 17.6 Å². The summed E-state index contributed by atoms with van der Waals surface area (Å²) in [7, 11) is 0. The Morgan fingerprint density at radius 3 is 2.70 bits per heavy atom. The molecule has 2 N–H and O–H groups in total. The van der Waals surface area contributed by atoms with Crippen molar-refractivity contribution in [3.05, 3.63) is 80.8 Å². The predicted molar refractivity (Wildman–Crippen MR) is 125 cm³/mol. The summed E-state index contributed by atoms with van der Waals surface area (Å²) in [5.41, 5.74) is 5.26. The van der Waals surface area contributed by atoms with Crippen LogP contribution in [0.3, 0.4) is 0 Å². The molecule has 1 amide bonds. The number of aromatic nitrogens is 1. The van der Waals surface area contributed by atoms with Gasteiger partial charge in [0.15, 0.2) is 0 Å². The third kappa shape index (κ3) is 3.59. The van der Waals surface area contributed by atoms with Gasteiger partial charge in [-0.3, -0.25) is 4.79 Å². The van der Waals surface area contributed by atoms with E-state index in [2.05, 4.69) is 10.3 Å². The molecule has 3 aromatic heterocycles. The number of furan rings is 1. The molecular formula is C26H23FN2O4. The van der Waals surface area contributed by atoms with Crippen molar-refractivity contribution in [2.75, 3.05) is 6.54 Å². The second-order valence-corrected chi connectivity index (χ2v) is 8.45. The van der Waals surface area contributed by atoms with E-state index >= 15 is 0 Å². The van der Waals surface area contributed by atoms with Gasteiger partial charge in [0.2, 0.25) is 5.91 Å². The fraction of sp³-hybridized carbons (Fsp3) is 0.231. The Morgan fingerprint density at radius 1 is 1.06 bits per heavy atom. The van der Waals surface area contributed by atoms with Gasteiger partial charge in [0, 0.05) is 40.0 Å². The van der Waals surface area contributed by atoms with Crippen molar-refractivity contribution in [1.29, 1.82) is 0 Å². The van der Waals surface area contributed by atoms with Gasteiger partial charge >= 0.3 is 5.63 Å². The molecule has 0 aliphatic rings. The maximum absolute atomic E-state index is 13.6. The monoisotopic (exact) mass is 446 g/mol. The number of hydrogen-bond donors (Lipinski definition) is 2. The highest BCUT2D eigenvalue weighted by atomic mass is 19.1. The first kappa shape index (κ1) is 21.0. The van der Waals surface area contributed by atoms with E-state index in [1.165, 1.54) is 12.1 Å². The Labute approximate surface area is 188 Å². The maximum Gasteiger partial charge on any atom is 0.340 e. The van der Waals surface area contributed by atoms with Gasteiger partial charge in [0.25, 0.3) is 0 Å². The lowest BCUT2D eigenvalue weighted by Crippen LogP contribution is -2.29. The van der Waals surface area contributed by atoms with Crippen LogP contribution in [0.2, 0.25) is 0 Å². The maximum atomic E-state index is 13.6. The van der Waals surface area contributed by atoms with E-state index < -0.39 is 5.63 Å². The van der Waals surface area contributed by atoms with E-state index in [1.807, 2.05) is 33.0 Å². The van der Waals surface area contributed by atoms with Gasteiger partial charge in [-0.25, -0.2) is 9.18 Å². The number of carbonyl (C=O) groups excluding carboxylic acids is 1. The van der Waals surface area contributed by atoms with Crippen molar-refractivity contribution in [1.82, 2.24) is 10.3 Å². The molecule has 0 spiro atoms. The molecule has 0 unspecified atom stereocenters. The van der Waals surface area contributed by atoms with Crippen LogP contribution in [0.15, 0.2) is 50.4 Å². The summed E-state index contributed by atoms with van der Waals surface area (Å²) >= 11 is 0. The molecule has 33 heavy (non-hydrogen) atoms. The number of aromatic amines is 1. The lowest BCUT2D eigenvalue weighted by Gasteiger charge is -2.10. The second-order valence-electron chi connectivity index (χ2n) is 8.45. The van der Waals surface area contributed by atoms with Gasteiger partial charge in [-0.05, 0) is 68.1 Å². The van der Waals surface area contributed by atoms with Crippen LogP contribution in [0, 0.1) is 26.6 Å². The van der Waals surface area contributed by atoms with Crippen molar-refractivity contribution in [2.24, 2.45) is 0 Å². The third-order valence-corrected chi connectivity index (χ3v) is 6.32. The summed E-state index contributed by atoms with van der Waals surface area (Å²) in [6.07, 6.45) is 3.96. The van der Waals surface area contributed by atoms with Gasteiger partial charge in [0.1, 0.15) is 17.0 Å². The number of benzene rings is 2. The predicted octanol–water partition coefficient (Wildman–Crippen LogP) is 4.99. The SMILES string of the molecule is Cc1coc2c(C)c3oc(=O)c(CC(=O)NCCc4c[nH]c5ccc(F)cc45)c(C)c3cc12.